The lowest BCUT2D eigenvalue weighted by Gasteiger charge is -2.07. The summed E-state index contributed by atoms with van der Waals surface area (Å²) in [6.07, 6.45) is 0. The van der Waals surface area contributed by atoms with Gasteiger partial charge in [0.25, 0.3) is 5.91 Å². The van der Waals surface area contributed by atoms with Crippen molar-refractivity contribution in [2.45, 2.75) is 6.92 Å². The summed E-state index contributed by atoms with van der Waals surface area (Å²) in [5.74, 6) is -1.58. The number of ketones is 1. The van der Waals surface area contributed by atoms with E-state index in [9.17, 15) is 19.7 Å². The highest BCUT2D eigenvalue weighted by atomic mass is 16.6. The number of nitro groups is 1. The predicted molar refractivity (Wildman–Crippen MR) is 69.8 cm³/mol. The maximum atomic E-state index is 11.9. The zero-order valence-corrected chi connectivity index (χ0v) is 10.5. The lowest BCUT2D eigenvalue weighted by Crippen LogP contribution is -2.13. The van der Waals surface area contributed by atoms with Crippen LogP contribution < -0.4 is 5.32 Å². The number of furan rings is 1. The molecule has 7 nitrogen and oxygen atoms in total. The van der Waals surface area contributed by atoms with E-state index in [1.54, 1.807) is 24.3 Å². The number of rotatable bonds is 4. The van der Waals surface area contributed by atoms with Gasteiger partial charge in [-0.3, -0.25) is 19.7 Å². The molecular formula is C13H10N2O5. The van der Waals surface area contributed by atoms with E-state index in [0.29, 0.717) is 11.3 Å². The molecule has 0 aliphatic heterocycles. The Kier molecular flexibility index (Phi) is 3.60. The highest BCUT2D eigenvalue weighted by Gasteiger charge is 2.18. The van der Waals surface area contributed by atoms with E-state index in [-0.39, 0.29) is 11.5 Å². The molecule has 2 aromatic rings. The number of para-hydroxylation sites is 1. The SMILES string of the molecule is CC(=O)c1ccccc1NC(=O)c1ccc([N+](=O)[O-])o1. The Hall–Kier alpha value is -2.96. The van der Waals surface area contributed by atoms with Gasteiger partial charge in [-0.1, -0.05) is 12.1 Å². The lowest BCUT2D eigenvalue weighted by molar-refractivity contribution is -0.402. The van der Waals surface area contributed by atoms with Gasteiger partial charge in [0.1, 0.15) is 4.92 Å². The number of hydrogen-bond donors (Lipinski definition) is 1. The molecule has 0 spiro atoms. The van der Waals surface area contributed by atoms with Crippen molar-refractivity contribution in [1.82, 2.24) is 0 Å². The van der Waals surface area contributed by atoms with Gasteiger partial charge in [-0.15, -0.1) is 0 Å². The number of benzene rings is 1. The summed E-state index contributed by atoms with van der Waals surface area (Å²) >= 11 is 0. The first-order chi connectivity index (χ1) is 9.49. The normalized spacial score (nSPS) is 10.1. The maximum Gasteiger partial charge on any atom is 0.433 e. The van der Waals surface area contributed by atoms with Gasteiger partial charge >= 0.3 is 5.88 Å². The number of anilines is 1. The van der Waals surface area contributed by atoms with Crippen LogP contribution in [-0.2, 0) is 0 Å². The van der Waals surface area contributed by atoms with Gasteiger partial charge in [0.2, 0.25) is 0 Å². The number of nitrogens with one attached hydrogen (secondary N) is 1. The summed E-state index contributed by atoms with van der Waals surface area (Å²) in [5.41, 5.74) is 0.672. The van der Waals surface area contributed by atoms with Gasteiger partial charge in [-0.25, -0.2) is 0 Å². The van der Waals surface area contributed by atoms with Crippen molar-refractivity contribution in [3.63, 3.8) is 0 Å². The average molecular weight is 274 g/mol. The van der Waals surface area contributed by atoms with E-state index in [1.165, 1.54) is 13.0 Å². The molecule has 0 aliphatic rings. The van der Waals surface area contributed by atoms with Crippen LogP contribution in [0.5, 0.6) is 0 Å². The van der Waals surface area contributed by atoms with Gasteiger partial charge in [-0.2, -0.15) is 0 Å². The van der Waals surface area contributed by atoms with Crippen molar-refractivity contribution in [3.05, 3.63) is 57.8 Å². The summed E-state index contributed by atoms with van der Waals surface area (Å²) < 4.78 is 4.78. The van der Waals surface area contributed by atoms with Crippen molar-refractivity contribution in [1.29, 1.82) is 0 Å². The minimum absolute atomic E-state index is 0.199. The lowest BCUT2D eigenvalue weighted by atomic mass is 10.1. The Morgan fingerprint density at radius 3 is 2.50 bits per heavy atom. The number of hydrogen-bond acceptors (Lipinski definition) is 5. The number of amides is 1. The molecule has 0 fully saturated rings. The predicted octanol–water partition coefficient (Wildman–Crippen LogP) is 2.64. The first-order valence-electron chi connectivity index (χ1n) is 5.64. The minimum Gasteiger partial charge on any atom is -0.395 e. The molecule has 0 atom stereocenters. The third-order valence-electron chi connectivity index (χ3n) is 2.55. The quantitative estimate of drug-likeness (QED) is 0.524. The second-order valence-corrected chi connectivity index (χ2v) is 3.95. The molecule has 1 amide bonds. The van der Waals surface area contributed by atoms with Gasteiger partial charge in [0.05, 0.1) is 11.8 Å². The second kappa shape index (κ2) is 5.35. The molecule has 2 rings (SSSR count). The van der Waals surface area contributed by atoms with Crippen LogP contribution in [-0.4, -0.2) is 16.6 Å². The zero-order chi connectivity index (χ0) is 14.7. The summed E-state index contributed by atoms with van der Waals surface area (Å²) in [7, 11) is 0. The molecule has 0 radical (unpaired) electrons. The molecule has 20 heavy (non-hydrogen) atoms. The highest BCUT2D eigenvalue weighted by Crippen LogP contribution is 2.19. The molecular weight excluding hydrogens is 264 g/mol. The fourth-order valence-electron chi connectivity index (χ4n) is 1.63. The van der Waals surface area contributed by atoms with E-state index in [2.05, 4.69) is 5.32 Å². The van der Waals surface area contributed by atoms with E-state index < -0.39 is 16.7 Å². The Labute approximate surface area is 113 Å². The van der Waals surface area contributed by atoms with Crippen LogP contribution in [0, 0.1) is 10.1 Å². The van der Waals surface area contributed by atoms with Crippen LogP contribution in [0.3, 0.4) is 0 Å². The number of carbonyl (C=O) groups excluding carboxylic acids is 2. The maximum absolute atomic E-state index is 11.9. The van der Waals surface area contributed by atoms with Crippen LogP contribution in [0.2, 0.25) is 0 Å². The van der Waals surface area contributed by atoms with Gasteiger partial charge in [-0.05, 0) is 25.1 Å². The van der Waals surface area contributed by atoms with Crippen molar-refractivity contribution >= 4 is 23.3 Å². The average Bonchev–Trinajstić information content (AvgIpc) is 2.89. The molecule has 0 bridgehead atoms. The zero-order valence-electron chi connectivity index (χ0n) is 10.5. The van der Waals surface area contributed by atoms with Crippen molar-refractivity contribution in [2.75, 3.05) is 5.32 Å². The van der Waals surface area contributed by atoms with Crippen LogP contribution in [0.25, 0.3) is 0 Å². The molecule has 0 saturated carbocycles. The molecule has 1 aromatic heterocycles. The van der Waals surface area contributed by atoms with Crippen LogP contribution in [0.4, 0.5) is 11.6 Å². The number of carbonyl (C=O) groups is 2. The summed E-state index contributed by atoms with van der Waals surface area (Å²) in [6, 6.07) is 8.75. The van der Waals surface area contributed by atoms with Crippen molar-refractivity contribution in [2.24, 2.45) is 0 Å². The minimum atomic E-state index is -0.736. The first kappa shape index (κ1) is 13.5. The number of nitrogens with zero attached hydrogens (tertiary/aromatic N) is 1. The smallest absolute Gasteiger partial charge is 0.395 e. The van der Waals surface area contributed by atoms with Crippen molar-refractivity contribution in [3.8, 4) is 0 Å². The van der Waals surface area contributed by atoms with Crippen molar-refractivity contribution < 1.29 is 18.9 Å². The Bertz CT molecular complexity index is 690. The standard InChI is InChI=1S/C13H10N2O5/c1-8(16)9-4-2-3-5-10(9)14-13(17)11-6-7-12(20-11)15(18)19/h2-7H,1H3,(H,14,17). The summed E-state index contributed by atoms with van der Waals surface area (Å²) in [4.78, 5) is 33.0. The Balaban J connectivity index is 2.23. The van der Waals surface area contributed by atoms with E-state index in [0.717, 1.165) is 6.07 Å². The molecule has 0 aliphatic carbocycles. The molecule has 1 N–H and O–H groups in total. The molecule has 0 unspecified atom stereocenters. The molecule has 0 saturated heterocycles. The monoisotopic (exact) mass is 274 g/mol. The fraction of sp³-hybridized carbons (Fsp3) is 0.0769. The Morgan fingerprint density at radius 1 is 1.20 bits per heavy atom. The molecule has 1 aromatic carbocycles. The third-order valence-corrected chi connectivity index (χ3v) is 2.55. The largest absolute Gasteiger partial charge is 0.433 e. The molecule has 102 valence electrons. The summed E-state index contributed by atoms with van der Waals surface area (Å²) in [6.45, 7) is 1.38. The van der Waals surface area contributed by atoms with Crippen LogP contribution >= 0.6 is 0 Å². The topological polar surface area (TPSA) is 102 Å². The molecule has 1 heterocycles. The van der Waals surface area contributed by atoms with E-state index >= 15 is 0 Å². The van der Waals surface area contributed by atoms with E-state index in [4.69, 9.17) is 4.42 Å². The van der Waals surface area contributed by atoms with Gasteiger partial charge < -0.3 is 9.73 Å². The van der Waals surface area contributed by atoms with Crippen LogP contribution in [0.1, 0.15) is 27.8 Å². The van der Waals surface area contributed by atoms with Crippen LogP contribution in [0.15, 0.2) is 40.8 Å². The van der Waals surface area contributed by atoms with Gasteiger partial charge in [0.15, 0.2) is 11.5 Å². The fourth-order valence-corrected chi connectivity index (χ4v) is 1.63. The highest BCUT2D eigenvalue weighted by molar-refractivity contribution is 6.07. The van der Waals surface area contributed by atoms with E-state index in [1.807, 2.05) is 0 Å². The summed E-state index contributed by atoms with van der Waals surface area (Å²) in [5, 5.41) is 13.0. The second-order valence-electron chi connectivity index (χ2n) is 3.95. The van der Waals surface area contributed by atoms with Gasteiger partial charge in [0, 0.05) is 5.56 Å². The Morgan fingerprint density at radius 2 is 1.90 bits per heavy atom. The number of Topliss-reactive ketones (excluding diaryl/α,β-unsaturated/α-hetero) is 1. The first-order valence-corrected chi connectivity index (χ1v) is 5.64. The molecule has 7 heteroatoms. The third kappa shape index (κ3) is 2.72.